The lowest BCUT2D eigenvalue weighted by molar-refractivity contribution is 0.398. The van der Waals surface area contributed by atoms with Crippen molar-refractivity contribution in [1.82, 2.24) is 5.32 Å². The highest BCUT2D eigenvalue weighted by molar-refractivity contribution is 6.04. The average molecular weight is 313 g/mol. The molecular formula is C19H23NO3. The number of ether oxygens (including phenoxy) is 1. The molecule has 23 heavy (non-hydrogen) atoms. The van der Waals surface area contributed by atoms with Gasteiger partial charge in [-0.1, -0.05) is 6.42 Å². The Hall–Kier alpha value is -1.94. The molecule has 1 aromatic carbocycles. The van der Waals surface area contributed by atoms with Crippen molar-refractivity contribution in [3.05, 3.63) is 29.2 Å². The van der Waals surface area contributed by atoms with Gasteiger partial charge in [0.05, 0.1) is 12.5 Å². The van der Waals surface area contributed by atoms with E-state index in [9.17, 15) is 0 Å². The SMILES string of the molecule is COc1c2cc(C)oc2c(CC2CCCCN2)c2cc(C)oc12. The first-order valence-electron chi connectivity index (χ1n) is 8.40. The molecule has 0 amide bonds. The molecule has 2 aromatic heterocycles. The fraction of sp³-hybridized carbons (Fsp3) is 0.474. The average Bonchev–Trinajstić information content (AvgIpc) is 3.11. The van der Waals surface area contributed by atoms with Gasteiger partial charge in [0.2, 0.25) is 0 Å². The summed E-state index contributed by atoms with van der Waals surface area (Å²) in [6, 6.07) is 4.65. The number of aryl methyl sites for hydroxylation is 2. The van der Waals surface area contributed by atoms with Crippen LogP contribution in [0.4, 0.5) is 0 Å². The Morgan fingerprint density at radius 3 is 2.52 bits per heavy atom. The predicted octanol–water partition coefficient (Wildman–Crippen LogP) is 4.49. The van der Waals surface area contributed by atoms with Gasteiger partial charge in [-0.25, -0.2) is 0 Å². The first-order valence-corrected chi connectivity index (χ1v) is 8.40. The van der Waals surface area contributed by atoms with E-state index < -0.39 is 0 Å². The van der Waals surface area contributed by atoms with Crippen LogP contribution in [0.2, 0.25) is 0 Å². The van der Waals surface area contributed by atoms with Crippen LogP contribution >= 0.6 is 0 Å². The second kappa shape index (κ2) is 5.60. The standard InChI is InChI=1S/C19H23NO3/c1-11-8-14-15(10-13-6-4-5-7-20-13)17-16(9-12(2)22-17)18(21-3)19(14)23-11/h8-9,13,20H,4-7,10H2,1-3H3. The van der Waals surface area contributed by atoms with Crippen LogP contribution in [-0.4, -0.2) is 19.7 Å². The Kier molecular flexibility index (Phi) is 3.57. The van der Waals surface area contributed by atoms with E-state index >= 15 is 0 Å². The van der Waals surface area contributed by atoms with E-state index in [-0.39, 0.29) is 0 Å². The monoisotopic (exact) mass is 313 g/mol. The highest BCUT2D eigenvalue weighted by atomic mass is 16.5. The number of hydrogen-bond donors (Lipinski definition) is 1. The largest absolute Gasteiger partial charge is 0.492 e. The Balaban J connectivity index is 1.94. The van der Waals surface area contributed by atoms with Crippen LogP contribution in [0, 0.1) is 13.8 Å². The minimum Gasteiger partial charge on any atom is -0.492 e. The van der Waals surface area contributed by atoms with Crippen molar-refractivity contribution in [2.45, 2.75) is 45.6 Å². The Bertz CT molecular complexity index is 795. The van der Waals surface area contributed by atoms with Crippen molar-refractivity contribution < 1.29 is 13.6 Å². The van der Waals surface area contributed by atoms with E-state index in [1.54, 1.807) is 7.11 Å². The zero-order valence-electron chi connectivity index (χ0n) is 14.0. The molecule has 4 heteroatoms. The lowest BCUT2D eigenvalue weighted by atomic mass is 9.94. The Morgan fingerprint density at radius 1 is 1.09 bits per heavy atom. The van der Waals surface area contributed by atoms with E-state index in [0.717, 1.165) is 52.2 Å². The van der Waals surface area contributed by atoms with Gasteiger partial charge in [0, 0.05) is 17.0 Å². The maximum absolute atomic E-state index is 6.05. The van der Waals surface area contributed by atoms with Crippen molar-refractivity contribution >= 4 is 21.9 Å². The van der Waals surface area contributed by atoms with E-state index in [2.05, 4.69) is 11.4 Å². The second-order valence-corrected chi connectivity index (χ2v) is 6.56. The number of fused-ring (bicyclic) bond motifs is 2. The fourth-order valence-corrected chi connectivity index (χ4v) is 3.81. The lowest BCUT2D eigenvalue weighted by Gasteiger charge is -2.23. The molecular weight excluding hydrogens is 290 g/mol. The van der Waals surface area contributed by atoms with Gasteiger partial charge in [0.1, 0.15) is 17.1 Å². The molecule has 1 aliphatic heterocycles. The maximum atomic E-state index is 6.05. The zero-order valence-corrected chi connectivity index (χ0v) is 14.0. The van der Waals surface area contributed by atoms with Crippen LogP contribution in [0.25, 0.3) is 21.9 Å². The summed E-state index contributed by atoms with van der Waals surface area (Å²) in [5, 5.41) is 5.77. The van der Waals surface area contributed by atoms with Crippen molar-refractivity contribution in [1.29, 1.82) is 0 Å². The fourth-order valence-electron chi connectivity index (χ4n) is 3.81. The molecule has 1 atom stereocenters. The molecule has 1 saturated heterocycles. The number of benzene rings is 1. The third-order valence-electron chi connectivity index (χ3n) is 4.83. The molecule has 0 aliphatic carbocycles. The third-order valence-corrected chi connectivity index (χ3v) is 4.83. The number of piperidine rings is 1. The number of hydrogen-bond acceptors (Lipinski definition) is 4. The van der Waals surface area contributed by atoms with Gasteiger partial charge in [0.25, 0.3) is 0 Å². The van der Waals surface area contributed by atoms with Gasteiger partial charge in [-0.05, 0) is 51.8 Å². The van der Waals surface area contributed by atoms with Gasteiger partial charge >= 0.3 is 0 Å². The number of rotatable bonds is 3. The molecule has 4 nitrogen and oxygen atoms in total. The molecule has 122 valence electrons. The van der Waals surface area contributed by atoms with Crippen molar-refractivity contribution in [3.8, 4) is 5.75 Å². The molecule has 4 rings (SSSR count). The molecule has 1 N–H and O–H groups in total. The molecule has 1 unspecified atom stereocenters. The van der Waals surface area contributed by atoms with Crippen LogP contribution in [0.5, 0.6) is 5.75 Å². The van der Waals surface area contributed by atoms with Gasteiger partial charge in [-0.3, -0.25) is 0 Å². The summed E-state index contributed by atoms with van der Waals surface area (Å²) in [5.74, 6) is 2.58. The molecule has 0 saturated carbocycles. The lowest BCUT2D eigenvalue weighted by Crippen LogP contribution is -2.35. The third kappa shape index (κ3) is 2.41. The van der Waals surface area contributed by atoms with Crippen LogP contribution in [0.1, 0.15) is 36.3 Å². The molecule has 0 bridgehead atoms. The van der Waals surface area contributed by atoms with Crippen LogP contribution < -0.4 is 10.1 Å². The van der Waals surface area contributed by atoms with Gasteiger partial charge < -0.3 is 18.9 Å². The highest BCUT2D eigenvalue weighted by Gasteiger charge is 2.24. The van der Waals surface area contributed by atoms with Gasteiger partial charge in [-0.15, -0.1) is 0 Å². The summed E-state index contributed by atoms with van der Waals surface area (Å²) in [6.07, 6.45) is 4.74. The summed E-state index contributed by atoms with van der Waals surface area (Å²) in [6.45, 7) is 5.07. The molecule has 1 fully saturated rings. The zero-order chi connectivity index (χ0) is 16.0. The molecule has 0 radical (unpaired) electrons. The van der Waals surface area contributed by atoms with Crippen molar-refractivity contribution in [2.75, 3.05) is 13.7 Å². The Morgan fingerprint density at radius 2 is 1.83 bits per heavy atom. The van der Waals surface area contributed by atoms with E-state index in [4.69, 9.17) is 13.6 Å². The summed E-state index contributed by atoms with van der Waals surface area (Å²) in [4.78, 5) is 0. The van der Waals surface area contributed by atoms with Crippen molar-refractivity contribution in [3.63, 3.8) is 0 Å². The highest BCUT2D eigenvalue weighted by Crippen LogP contribution is 2.41. The number of furan rings is 2. The number of methoxy groups -OCH3 is 1. The maximum Gasteiger partial charge on any atom is 0.177 e. The van der Waals surface area contributed by atoms with E-state index in [0.29, 0.717) is 6.04 Å². The summed E-state index contributed by atoms with van der Waals surface area (Å²) in [7, 11) is 1.69. The quantitative estimate of drug-likeness (QED) is 0.774. The van der Waals surface area contributed by atoms with E-state index in [1.807, 2.05) is 19.9 Å². The summed E-state index contributed by atoms with van der Waals surface area (Å²) < 4.78 is 17.6. The Labute approximate surface area is 135 Å². The smallest absolute Gasteiger partial charge is 0.177 e. The van der Waals surface area contributed by atoms with Crippen LogP contribution in [-0.2, 0) is 6.42 Å². The first-order chi connectivity index (χ1) is 11.2. The van der Waals surface area contributed by atoms with E-state index in [1.165, 1.54) is 24.8 Å². The van der Waals surface area contributed by atoms with Crippen molar-refractivity contribution in [2.24, 2.45) is 0 Å². The second-order valence-electron chi connectivity index (χ2n) is 6.56. The minimum absolute atomic E-state index is 0.504. The summed E-state index contributed by atoms with van der Waals surface area (Å²) in [5.41, 5.74) is 3.02. The van der Waals surface area contributed by atoms with Gasteiger partial charge in [-0.2, -0.15) is 0 Å². The first kappa shape index (κ1) is 14.6. The normalized spacial score (nSPS) is 18.8. The molecule has 1 aliphatic rings. The van der Waals surface area contributed by atoms with Crippen LogP contribution in [0.15, 0.2) is 21.0 Å². The van der Waals surface area contributed by atoms with Crippen LogP contribution in [0.3, 0.4) is 0 Å². The van der Waals surface area contributed by atoms with Gasteiger partial charge in [0.15, 0.2) is 11.3 Å². The number of nitrogens with one attached hydrogen (secondary N) is 1. The minimum atomic E-state index is 0.504. The summed E-state index contributed by atoms with van der Waals surface area (Å²) >= 11 is 0. The molecule has 3 aromatic rings. The molecule has 0 spiro atoms. The molecule has 3 heterocycles. The predicted molar refractivity (Wildman–Crippen MR) is 91.4 cm³/mol. The topological polar surface area (TPSA) is 47.5 Å².